The summed E-state index contributed by atoms with van der Waals surface area (Å²) in [6.45, 7) is 0. The smallest absolute Gasteiger partial charge is 0 e. The van der Waals surface area contributed by atoms with E-state index in [-0.39, 0.29) is 35.9 Å². The minimum absolute atomic E-state index is 0. The molecule has 0 unspecified atom stereocenters. The van der Waals surface area contributed by atoms with Gasteiger partial charge >= 0.3 is 42.1 Å². The van der Waals surface area contributed by atoms with Gasteiger partial charge in [-0.1, -0.05) is 0 Å². The predicted octanol–water partition coefficient (Wildman–Crippen LogP) is 2.96. The van der Waals surface area contributed by atoms with E-state index >= 15 is 0 Å². The summed E-state index contributed by atoms with van der Waals surface area (Å²) in [4.78, 5) is 0. The first-order valence-corrected chi connectivity index (χ1v) is 7.12. The van der Waals surface area contributed by atoms with Crippen molar-refractivity contribution in [2.24, 2.45) is 0 Å². The van der Waals surface area contributed by atoms with Gasteiger partial charge in [0.15, 0.2) is 0 Å². The molecule has 0 heterocycles. The SMILES string of the molecule is [CH3-].[CH3-].[Cl][Ru]([Cl])[Cl].[W]. The molecule has 0 saturated heterocycles. The van der Waals surface area contributed by atoms with E-state index in [0.29, 0.717) is 0 Å². The van der Waals surface area contributed by atoms with Gasteiger partial charge in [0.05, 0.1) is 0 Å². The van der Waals surface area contributed by atoms with Gasteiger partial charge in [0.2, 0.25) is 0 Å². The van der Waals surface area contributed by atoms with Crippen molar-refractivity contribution in [3.05, 3.63) is 14.9 Å². The zero-order valence-corrected chi connectivity index (χ0v) is 10.8. The third-order valence-corrected chi connectivity index (χ3v) is 0. The maximum atomic E-state index is 4.95. The largest absolute Gasteiger partial charge is 0 e. The van der Waals surface area contributed by atoms with E-state index in [4.69, 9.17) is 29.1 Å². The third kappa shape index (κ3) is 65.7. The molecule has 0 aromatic heterocycles. The molecule has 0 radical (unpaired) electrons. The van der Waals surface area contributed by atoms with Gasteiger partial charge in [-0.15, -0.1) is 0 Å². The first kappa shape index (κ1) is 22.9. The molecule has 51 valence electrons. The summed E-state index contributed by atoms with van der Waals surface area (Å²) in [5.74, 6) is 0. The van der Waals surface area contributed by atoms with E-state index in [1.807, 2.05) is 0 Å². The van der Waals surface area contributed by atoms with Crippen LogP contribution in [-0.2, 0) is 34.0 Å². The Kier molecular flexibility index (Phi) is 51.4. The molecule has 5 heteroatoms. The molecule has 0 nitrogen and oxygen atoms in total. The Bertz CT molecular complexity index is 17.7. The summed E-state index contributed by atoms with van der Waals surface area (Å²) in [5.41, 5.74) is 0. The Morgan fingerprint density at radius 1 is 0.857 bits per heavy atom. The summed E-state index contributed by atoms with van der Waals surface area (Å²) in [6, 6.07) is 0. The van der Waals surface area contributed by atoms with Crippen LogP contribution in [0.5, 0.6) is 0 Å². The minimum atomic E-state index is -1.75. The molecule has 0 atom stereocenters. The molecule has 0 fully saturated rings. The van der Waals surface area contributed by atoms with Gasteiger partial charge in [-0.05, 0) is 0 Å². The van der Waals surface area contributed by atoms with E-state index < -0.39 is 13.0 Å². The van der Waals surface area contributed by atoms with Crippen molar-refractivity contribution in [1.29, 1.82) is 0 Å². The Morgan fingerprint density at radius 3 is 0.857 bits per heavy atom. The van der Waals surface area contributed by atoms with Crippen LogP contribution < -0.4 is 0 Å². The van der Waals surface area contributed by atoms with Gasteiger partial charge in [0.1, 0.15) is 0 Å². The molecule has 0 rings (SSSR count). The standard InChI is InChI=1S/2CH3.3ClH.Ru.W/h2*1H3;3*1H;;/q2*-1;;;;+3;/p-3. The third-order valence-electron chi connectivity index (χ3n) is 0. The van der Waals surface area contributed by atoms with Gasteiger partial charge in [-0.25, -0.2) is 0 Å². The van der Waals surface area contributed by atoms with Gasteiger partial charge in [0.25, 0.3) is 0 Å². The maximum Gasteiger partial charge on any atom is 0 e. The van der Waals surface area contributed by atoms with Crippen LogP contribution in [-0.4, -0.2) is 0 Å². The van der Waals surface area contributed by atoms with E-state index in [1.54, 1.807) is 0 Å². The van der Waals surface area contributed by atoms with Crippen molar-refractivity contribution in [2.75, 3.05) is 0 Å². The second-order valence-corrected chi connectivity index (χ2v) is 8.07. The van der Waals surface area contributed by atoms with Crippen molar-refractivity contribution >= 4 is 29.1 Å². The van der Waals surface area contributed by atoms with Gasteiger partial charge in [-0.2, -0.15) is 0 Å². The number of hydrogen-bond acceptors (Lipinski definition) is 0. The molecular weight excluding hydrogens is 415 g/mol. The topological polar surface area (TPSA) is 0 Å². The fourth-order valence-corrected chi connectivity index (χ4v) is 0. The van der Waals surface area contributed by atoms with Crippen LogP contribution in [0.4, 0.5) is 0 Å². The average molecular weight is 421 g/mol. The maximum absolute atomic E-state index is 4.95. The van der Waals surface area contributed by atoms with Crippen LogP contribution in [0.25, 0.3) is 0 Å². The Morgan fingerprint density at radius 2 is 0.857 bits per heavy atom. The van der Waals surface area contributed by atoms with Crippen LogP contribution in [0, 0.1) is 14.9 Å². The number of halogens is 3. The van der Waals surface area contributed by atoms with Crippen molar-refractivity contribution in [1.82, 2.24) is 0 Å². The Balaban J connectivity index is -0.0000000150. The fourth-order valence-electron chi connectivity index (χ4n) is 0. The summed E-state index contributed by atoms with van der Waals surface area (Å²) < 4.78 is 0. The second-order valence-electron chi connectivity index (χ2n) is 0.152. The van der Waals surface area contributed by atoms with Crippen LogP contribution in [0.2, 0.25) is 0 Å². The molecule has 0 bridgehead atoms. The van der Waals surface area contributed by atoms with Gasteiger partial charge in [0, 0.05) is 21.1 Å². The summed E-state index contributed by atoms with van der Waals surface area (Å²) in [6.07, 6.45) is 0. The Hall–Kier alpha value is 2.18. The van der Waals surface area contributed by atoms with Crippen LogP contribution in [0.15, 0.2) is 0 Å². The van der Waals surface area contributed by atoms with Crippen molar-refractivity contribution < 1.29 is 34.0 Å². The molecule has 0 saturated carbocycles. The number of rotatable bonds is 0. The van der Waals surface area contributed by atoms with E-state index in [0.717, 1.165) is 0 Å². The predicted molar refractivity (Wildman–Crippen MR) is 30.4 cm³/mol. The summed E-state index contributed by atoms with van der Waals surface area (Å²) in [7, 11) is 14.8. The van der Waals surface area contributed by atoms with Crippen molar-refractivity contribution in [3.8, 4) is 0 Å². The molecule has 0 spiro atoms. The van der Waals surface area contributed by atoms with E-state index in [9.17, 15) is 0 Å². The normalized spacial score (nSPS) is 6.43. The summed E-state index contributed by atoms with van der Waals surface area (Å²) in [5, 5.41) is 0. The molecule has 0 aliphatic carbocycles. The Labute approximate surface area is 77.2 Å². The molecule has 0 aliphatic rings. The minimum Gasteiger partial charge on any atom is 0 e. The summed E-state index contributed by atoms with van der Waals surface area (Å²) >= 11 is -1.75. The van der Waals surface area contributed by atoms with Crippen molar-refractivity contribution in [3.63, 3.8) is 0 Å². The molecule has 0 aromatic rings. The molecule has 0 aliphatic heterocycles. The van der Waals surface area contributed by atoms with Crippen molar-refractivity contribution in [2.45, 2.75) is 0 Å². The van der Waals surface area contributed by atoms with Crippen LogP contribution in [0.3, 0.4) is 0 Å². The molecular formula is C2H6Cl3RuW-2. The van der Waals surface area contributed by atoms with E-state index in [1.165, 1.54) is 0 Å². The quantitative estimate of drug-likeness (QED) is 0.417. The zero-order chi connectivity index (χ0) is 3.58. The van der Waals surface area contributed by atoms with Crippen LogP contribution >= 0.6 is 29.1 Å². The van der Waals surface area contributed by atoms with Gasteiger partial charge in [-0.3, -0.25) is 0 Å². The average Bonchev–Trinajstić information content (AvgIpc) is 0.811. The molecule has 0 aromatic carbocycles. The zero-order valence-electron chi connectivity index (χ0n) is 3.90. The fraction of sp³-hybridized carbons (Fsp3) is 0. The molecule has 0 N–H and O–H groups in total. The van der Waals surface area contributed by atoms with Gasteiger partial charge < -0.3 is 14.9 Å². The molecule has 0 amide bonds. The molecule has 7 heavy (non-hydrogen) atoms. The second kappa shape index (κ2) is 15.7. The van der Waals surface area contributed by atoms with E-state index in [2.05, 4.69) is 0 Å². The first-order valence-electron chi connectivity index (χ1n) is 0.401. The monoisotopic (exact) mass is 421 g/mol. The number of hydrogen-bond donors (Lipinski definition) is 0. The van der Waals surface area contributed by atoms with Crippen LogP contribution in [0.1, 0.15) is 0 Å². The first-order chi connectivity index (χ1) is 1.73.